The van der Waals surface area contributed by atoms with Crippen LogP contribution in [0.5, 0.6) is 0 Å². The number of alkyl carbamates (subject to hydrolysis) is 1. The Labute approximate surface area is 194 Å². The van der Waals surface area contributed by atoms with Crippen molar-refractivity contribution >= 4 is 22.9 Å². The third kappa shape index (κ3) is 5.89. The maximum Gasteiger partial charge on any atom is 0.407 e. The molecule has 33 heavy (non-hydrogen) atoms. The Morgan fingerprint density at radius 2 is 1.55 bits per heavy atom. The summed E-state index contributed by atoms with van der Waals surface area (Å²) >= 11 is 0. The van der Waals surface area contributed by atoms with Gasteiger partial charge in [-0.25, -0.2) is 9.78 Å². The minimum absolute atomic E-state index is 0.0584. The summed E-state index contributed by atoms with van der Waals surface area (Å²) < 4.78 is 4.93. The van der Waals surface area contributed by atoms with Gasteiger partial charge in [-0.15, -0.1) is 0 Å². The largest absolute Gasteiger partial charge is 0.450 e. The van der Waals surface area contributed by atoms with Crippen LogP contribution in [0, 0.1) is 11.8 Å². The average molecular weight is 446 g/mol. The molecule has 4 rings (SSSR count). The molecule has 0 atom stereocenters. The number of para-hydroxylation sites is 1. The Kier molecular flexibility index (Phi) is 7.55. The zero-order valence-corrected chi connectivity index (χ0v) is 19.0. The van der Waals surface area contributed by atoms with E-state index in [9.17, 15) is 9.59 Å². The lowest BCUT2D eigenvalue weighted by molar-refractivity contribution is 0.0942. The second-order valence-corrected chi connectivity index (χ2v) is 8.64. The number of nitrogens with zero attached hydrogens (tertiary/aromatic N) is 1. The molecule has 0 aliphatic heterocycles. The van der Waals surface area contributed by atoms with Crippen LogP contribution in [0.4, 0.5) is 4.79 Å². The molecule has 2 N–H and O–H groups in total. The standard InChI is InChI=1S/C27H31N3O3/c1-2-33-27(32)29-18-20-14-12-19(13-15-20)17-28-26(31)23-16-25(21-8-4-3-5-9-21)30-24-11-7-6-10-22(23)24/h3-11,16,19-20H,2,12-15,17-18H2,1H3,(H,28,31)(H,29,32). The van der Waals surface area contributed by atoms with Gasteiger partial charge in [-0.05, 0) is 56.6 Å². The first-order valence-corrected chi connectivity index (χ1v) is 11.8. The first-order valence-electron chi connectivity index (χ1n) is 11.8. The molecule has 1 aliphatic rings. The van der Waals surface area contributed by atoms with E-state index in [1.165, 1.54) is 0 Å². The quantitative estimate of drug-likeness (QED) is 0.525. The fourth-order valence-corrected chi connectivity index (χ4v) is 4.50. The van der Waals surface area contributed by atoms with Crippen LogP contribution in [-0.4, -0.2) is 36.7 Å². The van der Waals surface area contributed by atoms with E-state index < -0.39 is 0 Å². The van der Waals surface area contributed by atoms with Crippen molar-refractivity contribution in [1.29, 1.82) is 0 Å². The average Bonchev–Trinajstić information content (AvgIpc) is 2.86. The number of ether oxygens (including phenoxy) is 1. The Morgan fingerprint density at radius 1 is 0.909 bits per heavy atom. The van der Waals surface area contributed by atoms with Crippen LogP contribution in [0.3, 0.4) is 0 Å². The Hall–Kier alpha value is -3.41. The molecule has 2 aromatic carbocycles. The van der Waals surface area contributed by atoms with Crippen molar-refractivity contribution in [3.63, 3.8) is 0 Å². The van der Waals surface area contributed by atoms with E-state index in [4.69, 9.17) is 9.72 Å². The lowest BCUT2D eigenvalue weighted by Crippen LogP contribution is -2.34. The van der Waals surface area contributed by atoms with Gasteiger partial charge in [0, 0.05) is 24.0 Å². The summed E-state index contributed by atoms with van der Waals surface area (Å²) in [6.45, 7) is 3.51. The van der Waals surface area contributed by atoms with Crippen molar-refractivity contribution in [2.45, 2.75) is 32.6 Å². The van der Waals surface area contributed by atoms with Gasteiger partial charge in [-0.3, -0.25) is 4.79 Å². The van der Waals surface area contributed by atoms with E-state index in [-0.39, 0.29) is 12.0 Å². The summed E-state index contributed by atoms with van der Waals surface area (Å²) in [5, 5.41) is 6.87. The van der Waals surface area contributed by atoms with Crippen LogP contribution in [0.1, 0.15) is 43.0 Å². The van der Waals surface area contributed by atoms with Gasteiger partial charge in [0.25, 0.3) is 5.91 Å². The minimum Gasteiger partial charge on any atom is -0.450 e. The van der Waals surface area contributed by atoms with E-state index in [0.717, 1.165) is 47.8 Å². The van der Waals surface area contributed by atoms with E-state index in [0.29, 0.717) is 37.1 Å². The van der Waals surface area contributed by atoms with Crippen LogP contribution in [0.15, 0.2) is 60.7 Å². The van der Waals surface area contributed by atoms with Crippen LogP contribution in [-0.2, 0) is 4.74 Å². The van der Waals surface area contributed by atoms with E-state index >= 15 is 0 Å². The van der Waals surface area contributed by atoms with Gasteiger partial charge in [0.05, 0.1) is 23.4 Å². The van der Waals surface area contributed by atoms with Gasteiger partial charge in [-0.1, -0.05) is 48.5 Å². The SMILES string of the molecule is CCOC(=O)NCC1CCC(CNC(=O)c2cc(-c3ccccc3)nc3ccccc23)CC1. The number of benzene rings is 2. The Balaban J connectivity index is 1.37. The molecule has 1 fully saturated rings. The maximum absolute atomic E-state index is 13.2. The number of hydrogen-bond donors (Lipinski definition) is 2. The molecule has 0 radical (unpaired) electrons. The molecule has 6 nitrogen and oxygen atoms in total. The predicted molar refractivity (Wildman–Crippen MR) is 130 cm³/mol. The molecule has 1 aromatic heterocycles. The zero-order chi connectivity index (χ0) is 23.0. The summed E-state index contributed by atoms with van der Waals surface area (Å²) in [7, 11) is 0. The van der Waals surface area contributed by atoms with Gasteiger partial charge in [0.15, 0.2) is 0 Å². The lowest BCUT2D eigenvalue weighted by Gasteiger charge is -2.28. The molecular formula is C27H31N3O3. The third-order valence-corrected chi connectivity index (χ3v) is 6.36. The molecule has 1 heterocycles. The number of carbonyl (C=O) groups excluding carboxylic acids is 2. The summed E-state index contributed by atoms with van der Waals surface area (Å²) in [6, 6.07) is 19.6. The molecule has 0 spiro atoms. The Bertz CT molecular complexity index is 1090. The summed E-state index contributed by atoms with van der Waals surface area (Å²) in [5.74, 6) is 0.866. The highest BCUT2D eigenvalue weighted by atomic mass is 16.5. The molecule has 1 saturated carbocycles. The van der Waals surface area contributed by atoms with Crippen molar-refractivity contribution in [2.75, 3.05) is 19.7 Å². The van der Waals surface area contributed by atoms with Crippen LogP contribution < -0.4 is 10.6 Å². The van der Waals surface area contributed by atoms with Gasteiger partial charge >= 0.3 is 6.09 Å². The van der Waals surface area contributed by atoms with E-state index in [2.05, 4.69) is 10.6 Å². The molecule has 0 bridgehead atoms. The maximum atomic E-state index is 13.2. The number of fused-ring (bicyclic) bond motifs is 1. The molecule has 2 amide bonds. The number of aromatic nitrogens is 1. The highest BCUT2D eigenvalue weighted by molar-refractivity contribution is 6.07. The smallest absolute Gasteiger partial charge is 0.407 e. The summed E-state index contributed by atoms with van der Waals surface area (Å²) in [5.41, 5.74) is 3.27. The second kappa shape index (κ2) is 10.9. The van der Waals surface area contributed by atoms with Crippen molar-refractivity contribution in [3.8, 4) is 11.3 Å². The fraction of sp³-hybridized carbons (Fsp3) is 0.370. The van der Waals surface area contributed by atoms with E-state index in [1.807, 2.05) is 60.7 Å². The number of amides is 2. The summed E-state index contributed by atoms with van der Waals surface area (Å²) in [4.78, 5) is 29.4. The number of rotatable bonds is 7. The molecule has 1 aliphatic carbocycles. The van der Waals surface area contributed by atoms with Gasteiger partial charge in [-0.2, -0.15) is 0 Å². The highest BCUT2D eigenvalue weighted by Crippen LogP contribution is 2.29. The number of pyridine rings is 1. The number of hydrogen-bond acceptors (Lipinski definition) is 4. The van der Waals surface area contributed by atoms with Gasteiger partial charge in [0.2, 0.25) is 0 Å². The predicted octanol–water partition coefficient (Wildman–Crippen LogP) is 5.18. The first kappa shape index (κ1) is 22.8. The zero-order valence-electron chi connectivity index (χ0n) is 19.0. The summed E-state index contributed by atoms with van der Waals surface area (Å²) in [6.07, 6.45) is 3.84. The molecule has 6 heteroatoms. The molecule has 0 saturated heterocycles. The van der Waals surface area contributed by atoms with Crippen molar-refractivity contribution in [1.82, 2.24) is 15.6 Å². The van der Waals surface area contributed by atoms with Crippen LogP contribution in [0.2, 0.25) is 0 Å². The number of carbonyl (C=O) groups is 2. The van der Waals surface area contributed by atoms with Crippen molar-refractivity contribution < 1.29 is 14.3 Å². The first-order chi connectivity index (χ1) is 16.1. The van der Waals surface area contributed by atoms with Crippen molar-refractivity contribution in [2.24, 2.45) is 11.8 Å². The topological polar surface area (TPSA) is 80.3 Å². The highest BCUT2D eigenvalue weighted by Gasteiger charge is 2.23. The Morgan fingerprint density at radius 3 is 2.24 bits per heavy atom. The minimum atomic E-state index is -0.341. The fourth-order valence-electron chi connectivity index (χ4n) is 4.50. The van der Waals surface area contributed by atoms with Gasteiger partial charge < -0.3 is 15.4 Å². The molecule has 172 valence electrons. The normalized spacial score (nSPS) is 18.0. The van der Waals surface area contributed by atoms with Gasteiger partial charge in [0.1, 0.15) is 0 Å². The third-order valence-electron chi connectivity index (χ3n) is 6.36. The molecule has 0 unspecified atom stereocenters. The molecular weight excluding hydrogens is 414 g/mol. The van der Waals surface area contributed by atoms with E-state index in [1.54, 1.807) is 6.92 Å². The molecule has 3 aromatic rings. The monoisotopic (exact) mass is 445 g/mol. The van der Waals surface area contributed by atoms with Crippen molar-refractivity contribution in [3.05, 3.63) is 66.2 Å². The lowest BCUT2D eigenvalue weighted by atomic mass is 9.82. The number of nitrogens with one attached hydrogen (secondary N) is 2. The van der Waals surface area contributed by atoms with Crippen LogP contribution >= 0.6 is 0 Å². The van der Waals surface area contributed by atoms with Crippen LogP contribution in [0.25, 0.3) is 22.2 Å². The second-order valence-electron chi connectivity index (χ2n) is 8.64.